The van der Waals surface area contributed by atoms with Gasteiger partial charge >= 0.3 is 5.97 Å². The molecule has 1 amide bonds. The first-order valence-corrected chi connectivity index (χ1v) is 7.90. The lowest BCUT2D eigenvalue weighted by Crippen LogP contribution is -2.21. The highest BCUT2D eigenvalue weighted by molar-refractivity contribution is 5.92. The summed E-state index contributed by atoms with van der Waals surface area (Å²) in [6, 6.07) is 10.1. The molecule has 0 aromatic heterocycles. The number of hydrogen-bond acceptors (Lipinski definition) is 2. The first kappa shape index (κ1) is 18.6. The van der Waals surface area contributed by atoms with Crippen molar-refractivity contribution < 1.29 is 23.5 Å². The van der Waals surface area contributed by atoms with Gasteiger partial charge in [-0.15, -0.1) is 0 Å². The highest BCUT2D eigenvalue weighted by Gasteiger charge is 2.15. The maximum atomic E-state index is 13.8. The van der Waals surface area contributed by atoms with Gasteiger partial charge in [-0.1, -0.05) is 25.1 Å². The molecule has 0 radical (unpaired) electrons. The van der Waals surface area contributed by atoms with E-state index in [4.69, 9.17) is 5.11 Å². The normalized spacial score (nSPS) is 11.8. The maximum absolute atomic E-state index is 13.8. The van der Waals surface area contributed by atoms with Crippen LogP contribution >= 0.6 is 0 Å². The number of aliphatic carboxylic acids is 1. The van der Waals surface area contributed by atoms with Crippen LogP contribution < -0.4 is 5.32 Å². The highest BCUT2D eigenvalue weighted by Crippen LogP contribution is 2.18. The number of aryl methyl sites for hydroxylation is 1. The summed E-state index contributed by atoms with van der Waals surface area (Å²) in [5, 5.41) is 11.3. The molecule has 0 fully saturated rings. The molecule has 0 bridgehead atoms. The monoisotopic (exact) mass is 347 g/mol. The lowest BCUT2D eigenvalue weighted by Gasteiger charge is -2.13. The number of carboxylic acid groups (broad SMARTS) is 1. The van der Waals surface area contributed by atoms with E-state index in [0.29, 0.717) is 12.8 Å². The third-order valence-corrected chi connectivity index (χ3v) is 3.86. The fourth-order valence-corrected chi connectivity index (χ4v) is 2.40. The van der Waals surface area contributed by atoms with Crippen molar-refractivity contribution in [3.05, 3.63) is 65.2 Å². The van der Waals surface area contributed by atoms with Gasteiger partial charge in [0.25, 0.3) is 0 Å². The third kappa shape index (κ3) is 5.67. The van der Waals surface area contributed by atoms with Gasteiger partial charge in [0.05, 0.1) is 6.42 Å². The first-order valence-electron chi connectivity index (χ1n) is 7.90. The largest absolute Gasteiger partial charge is 0.481 e. The summed E-state index contributed by atoms with van der Waals surface area (Å²) in [6.45, 7) is 1.74. The van der Waals surface area contributed by atoms with Crippen LogP contribution in [0.2, 0.25) is 0 Å². The van der Waals surface area contributed by atoms with Gasteiger partial charge in [-0.25, -0.2) is 8.78 Å². The summed E-state index contributed by atoms with van der Waals surface area (Å²) in [5.74, 6) is -2.73. The van der Waals surface area contributed by atoms with Crippen LogP contribution in [0.1, 0.15) is 24.5 Å². The van der Waals surface area contributed by atoms with Crippen molar-refractivity contribution in [1.29, 1.82) is 0 Å². The maximum Gasteiger partial charge on any atom is 0.307 e. The van der Waals surface area contributed by atoms with Crippen LogP contribution in [-0.4, -0.2) is 17.0 Å². The van der Waals surface area contributed by atoms with E-state index in [-0.39, 0.29) is 28.9 Å². The summed E-state index contributed by atoms with van der Waals surface area (Å²) < 4.78 is 27.0. The van der Waals surface area contributed by atoms with Crippen LogP contribution in [0.3, 0.4) is 0 Å². The molecular weight excluding hydrogens is 328 g/mol. The summed E-state index contributed by atoms with van der Waals surface area (Å²) in [6.07, 6.45) is 0.664. The summed E-state index contributed by atoms with van der Waals surface area (Å²) >= 11 is 0. The van der Waals surface area contributed by atoms with E-state index < -0.39 is 18.2 Å². The minimum Gasteiger partial charge on any atom is -0.481 e. The zero-order valence-electron chi connectivity index (χ0n) is 13.8. The Morgan fingerprint density at radius 1 is 1.16 bits per heavy atom. The molecule has 2 aromatic carbocycles. The molecule has 25 heavy (non-hydrogen) atoms. The molecule has 0 heterocycles. The van der Waals surface area contributed by atoms with Gasteiger partial charge < -0.3 is 10.4 Å². The fourth-order valence-electron chi connectivity index (χ4n) is 2.40. The number of benzene rings is 2. The Kier molecular flexibility index (Phi) is 6.22. The van der Waals surface area contributed by atoms with Gasteiger partial charge in [0, 0.05) is 11.6 Å². The Hall–Kier alpha value is -2.76. The number of anilines is 1. The van der Waals surface area contributed by atoms with Crippen molar-refractivity contribution in [1.82, 2.24) is 0 Å². The van der Waals surface area contributed by atoms with Gasteiger partial charge in [0.1, 0.15) is 11.6 Å². The molecular formula is C19H19F2NO3. The van der Waals surface area contributed by atoms with Gasteiger partial charge in [-0.05, 0) is 48.2 Å². The number of halogens is 2. The van der Waals surface area contributed by atoms with E-state index in [1.807, 2.05) is 0 Å². The average Bonchev–Trinajstić information content (AvgIpc) is 2.55. The number of nitrogens with one attached hydrogen (secondary N) is 1. The average molecular weight is 347 g/mol. The van der Waals surface area contributed by atoms with Crippen LogP contribution in [0.25, 0.3) is 0 Å². The molecule has 2 rings (SSSR count). The molecule has 2 aromatic rings. The lowest BCUT2D eigenvalue weighted by atomic mass is 10.00. The lowest BCUT2D eigenvalue weighted by molar-refractivity contribution is -0.136. The zero-order chi connectivity index (χ0) is 18.4. The minimum atomic E-state index is -1.12. The molecule has 0 aliphatic rings. The second-order valence-electron chi connectivity index (χ2n) is 5.94. The summed E-state index contributed by atoms with van der Waals surface area (Å²) in [5.41, 5.74) is 1.14. The third-order valence-electron chi connectivity index (χ3n) is 3.86. The van der Waals surface area contributed by atoms with Gasteiger partial charge in [-0.3, -0.25) is 9.59 Å². The molecule has 1 unspecified atom stereocenters. The van der Waals surface area contributed by atoms with E-state index in [0.717, 1.165) is 11.6 Å². The Bertz CT molecular complexity index is 777. The van der Waals surface area contributed by atoms with E-state index in [2.05, 4.69) is 5.32 Å². The quantitative estimate of drug-likeness (QED) is 0.801. The summed E-state index contributed by atoms with van der Waals surface area (Å²) in [7, 11) is 0. The summed E-state index contributed by atoms with van der Waals surface area (Å²) in [4.78, 5) is 22.8. The second kappa shape index (κ2) is 8.37. The molecule has 132 valence electrons. The van der Waals surface area contributed by atoms with E-state index in [1.165, 1.54) is 24.3 Å². The topological polar surface area (TPSA) is 66.4 Å². The number of hydrogen-bond donors (Lipinski definition) is 2. The fraction of sp³-hybridized carbons (Fsp3) is 0.263. The Labute approximate surface area is 144 Å². The van der Waals surface area contributed by atoms with Crippen LogP contribution in [0.5, 0.6) is 0 Å². The second-order valence-corrected chi connectivity index (χ2v) is 5.94. The molecule has 1 atom stereocenters. The molecule has 0 aliphatic carbocycles. The van der Waals surface area contributed by atoms with Crippen molar-refractivity contribution in [2.45, 2.75) is 26.2 Å². The van der Waals surface area contributed by atoms with Crippen molar-refractivity contribution in [2.75, 3.05) is 5.32 Å². The van der Waals surface area contributed by atoms with Crippen LogP contribution in [0, 0.1) is 17.6 Å². The molecule has 0 saturated heterocycles. The van der Waals surface area contributed by atoms with Crippen LogP contribution in [-0.2, 0) is 22.4 Å². The molecule has 6 heteroatoms. The van der Waals surface area contributed by atoms with Gasteiger partial charge in [0.15, 0.2) is 0 Å². The van der Waals surface area contributed by atoms with Gasteiger partial charge in [0.2, 0.25) is 5.91 Å². The standard InChI is InChI=1S/C19H19F2NO3/c1-12(5-6-13-3-2-4-15(20)9-13)19(25)22-16-8-7-14(10-18(23)24)17(21)11-16/h2-4,7-9,11-12H,5-6,10H2,1H3,(H,22,25)(H,23,24). The van der Waals surface area contributed by atoms with Crippen molar-refractivity contribution in [3.8, 4) is 0 Å². The Morgan fingerprint density at radius 2 is 1.92 bits per heavy atom. The Balaban J connectivity index is 1.92. The number of carbonyl (C=O) groups is 2. The smallest absolute Gasteiger partial charge is 0.307 e. The molecule has 2 N–H and O–H groups in total. The Morgan fingerprint density at radius 3 is 2.56 bits per heavy atom. The number of rotatable bonds is 7. The van der Waals surface area contributed by atoms with Crippen molar-refractivity contribution in [2.24, 2.45) is 5.92 Å². The van der Waals surface area contributed by atoms with Crippen molar-refractivity contribution >= 4 is 17.6 Å². The zero-order valence-corrected chi connectivity index (χ0v) is 13.8. The van der Waals surface area contributed by atoms with Crippen LogP contribution in [0.4, 0.5) is 14.5 Å². The molecule has 0 aliphatic heterocycles. The highest BCUT2D eigenvalue weighted by atomic mass is 19.1. The number of amides is 1. The van der Waals surface area contributed by atoms with Gasteiger partial charge in [-0.2, -0.15) is 0 Å². The number of carboxylic acids is 1. The van der Waals surface area contributed by atoms with E-state index in [1.54, 1.807) is 19.1 Å². The molecule has 0 saturated carbocycles. The van der Waals surface area contributed by atoms with E-state index in [9.17, 15) is 18.4 Å². The molecule has 0 spiro atoms. The molecule has 4 nitrogen and oxygen atoms in total. The SMILES string of the molecule is CC(CCc1cccc(F)c1)C(=O)Nc1ccc(CC(=O)O)c(F)c1. The predicted octanol–water partition coefficient (Wildman–Crippen LogP) is 3.80. The minimum absolute atomic E-state index is 0.0599. The predicted molar refractivity (Wildman–Crippen MR) is 90.3 cm³/mol. The van der Waals surface area contributed by atoms with Crippen LogP contribution in [0.15, 0.2) is 42.5 Å². The number of carbonyl (C=O) groups excluding carboxylic acids is 1. The van der Waals surface area contributed by atoms with E-state index >= 15 is 0 Å². The van der Waals surface area contributed by atoms with Crippen molar-refractivity contribution in [3.63, 3.8) is 0 Å². The first-order chi connectivity index (χ1) is 11.8.